The Morgan fingerprint density at radius 2 is 2.18 bits per heavy atom. The predicted octanol–water partition coefficient (Wildman–Crippen LogP) is 2.31. The molecule has 2 aromatic rings. The smallest absolute Gasteiger partial charge is 0.274 e. The summed E-state index contributed by atoms with van der Waals surface area (Å²) >= 11 is 3.35. The first-order valence-corrected chi connectivity index (χ1v) is 5.94. The van der Waals surface area contributed by atoms with Gasteiger partial charge in [-0.25, -0.2) is 9.97 Å². The lowest BCUT2D eigenvalue weighted by atomic mass is 10.4. The zero-order valence-corrected chi connectivity index (χ0v) is 10.8. The summed E-state index contributed by atoms with van der Waals surface area (Å²) in [5.41, 5.74) is 0.576. The van der Waals surface area contributed by atoms with Crippen molar-refractivity contribution in [2.45, 2.75) is 13.5 Å². The summed E-state index contributed by atoms with van der Waals surface area (Å²) in [5.74, 6) is 0.0845. The Labute approximate surface area is 107 Å². The van der Waals surface area contributed by atoms with Crippen LogP contribution >= 0.6 is 15.9 Å². The molecule has 2 aromatic heterocycles. The summed E-state index contributed by atoms with van der Waals surface area (Å²) < 4.78 is 2.72. The van der Waals surface area contributed by atoms with Gasteiger partial charge in [0.1, 0.15) is 5.69 Å². The number of halogens is 1. The van der Waals surface area contributed by atoms with Crippen LogP contribution in [0.1, 0.15) is 17.4 Å². The molecule has 0 unspecified atom stereocenters. The van der Waals surface area contributed by atoms with Gasteiger partial charge in [-0.15, -0.1) is 0 Å². The molecule has 0 aliphatic heterocycles. The van der Waals surface area contributed by atoms with E-state index >= 15 is 0 Å². The Morgan fingerprint density at radius 1 is 1.47 bits per heavy atom. The van der Waals surface area contributed by atoms with E-state index in [1.54, 1.807) is 24.5 Å². The molecule has 0 bridgehead atoms. The molecule has 0 atom stereocenters. The third-order valence-electron chi connectivity index (χ3n) is 2.23. The molecular weight excluding hydrogens is 284 g/mol. The molecule has 0 aliphatic rings. The Morgan fingerprint density at radius 3 is 2.82 bits per heavy atom. The van der Waals surface area contributed by atoms with E-state index in [1.165, 1.54) is 0 Å². The van der Waals surface area contributed by atoms with Crippen molar-refractivity contribution in [3.05, 3.63) is 40.9 Å². The van der Waals surface area contributed by atoms with E-state index in [4.69, 9.17) is 0 Å². The number of aromatic nitrogens is 3. The van der Waals surface area contributed by atoms with Gasteiger partial charge in [0.25, 0.3) is 5.91 Å². The van der Waals surface area contributed by atoms with Crippen LogP contribution in [0, 0.1) is 0 Å². The SMILES string of the molecule is CCn1cc(Br)cc1C(=O)Nc1ncccn1. The summed E-state index contributed by atoms with van der Waals surface area (Å²) in [4.78, 5) is 19.9. The van der Waals surface area contributed by atoms with Gasteiger partial charge in [0.2, 0.25) is 5.95 Å². The fourth-order valence-corrected chi connectivity index (χ4v) is 1.92. The van der Waals surface area contributed by atoms with Crippen LogP contribution in [0.3, 0.4) is 0 Å². The molecule has 0 saturated heterocycles. The third kappa shape index (κ3) is 2.71. The van der Waals surface area contributed by atoms with Gasteiger partial charge in [0, 0.05) is 29.6 Å². The number of hydrogen-bond donors (Lipinski definition) is 1. The predicted molar refractivity (Wildman–Crippen MR) is 67.8 cm³/mol. The monoisotopic (exact) mass is 294 g/mol. The number of nitrogens with zero attached hydrogens (tertiary/aromatic N) is 3. The van der Waals surface area contributed by atoms with Gasteiger partial charge in [0.05, 0.1) is 0 Å². The number of carbonyl (C=O) groups excluding carboxylic acids is 1. The molecule has 0 radical (unpaired) electrons. The van der Waals surface area contributed by atoms with Crippen molar-refractivity contribution in [1.82, 2.24) is 14.5 Å². The van der Waals surface area contributed by atoms with E-state index in [1.807, 2.05) is 17.7 Å². The summed E-state index contributed by atoms with van der Waals surface area (Å²) in [5, 5.41) is 2.64. The van der Waals surface area contributed by atoms with Crippen molar-refractivity contribution in [3.63, 3.8) is 0 Å². The molecule has 0 spiro atoms. The average molecular weight is 295 g/mol. The number of carbonyl (C=O) groups is 1. The molecule has 1 amide bonds. The lowest BCUT2D eigenvalue weighted by Gasteiger charge is -2.05. The highest BCUT2D eigenvalue weighted by atomic mass is 79.9. The lowest BCUT2D eigenvalue weighted by molar-refractivity contribution is 0.101. The lowest BCUT2D eigenvalue weighted by Crippen LogP contribution is -2.17. The van der Waals surface area contributed by atoms with Gasteiger partial charge < -0.3 is 4.57 Å². The van der Waals surface area contributed by atoms with Gasteiger partial charge in [0.15, 0.2) is 0 Å². The van der Waals surface area contributed by atoms with Crippen LogP contribution in [0.2, 0.25) is 0 Å². The quantitative estimate of drug-likeness (QED) is 0.945. The summed E-state index contributed by atoms with van der Waals surface area (Å²) in [6.45, 7) is 2.70. The molecule has 2 rings (SSSR count). The average Bonchev–Trinajstić information content (AvgIpc) is 2.72. The number of amides is 1. The highest BCUT2D eigenvalue weighted by Gasteiger charge is 2.13. The van der Waals surface area contributed by atoms with Crippen molar-refractivity contribution < 1.29 is 4.79 Å². The van der Waals surface area contributed by atoms with Gasteiger partial charge in [-0.3, -0.25) is 10.1 Å². The van der Waals surface area contributed by atoms with Crippen LogP contribution in [0.5, 0.6) is 0 Å². The van der Waals surface area contributed by atoms with E-state index in [0.717, 1.165) is 11.0 Å². The van der Waals surface area contributed by atoms with Crippen LogP contribution in [0.25, 0.3) is 0 Å². The first kappa shape index (κ1) is 11.8. The minimum absolute atomic E-state index is 0.219. The number of aryl methyl sites for hydroxylation is 1. The maximum absolute atomic E-state index is 12.0. The molecule has 0 aromatic carbocycles. The van der Waals surface area contributed by atoms with E-state index in [9.17, 15) is 4.79 Å². The zero-order chi connectivity index (χ0) is 12.3. The van der Waals surface area contributed by atoms with Gasteiger partial charge in [-0.05, 0) is 35.0 Å². The van der Waals surface area contributed by atoms with Gasteiger partial charge >= 0.3 is 0 Å². The van der Waals surface area contributed by atoms with Gasteiger partial charge in [-0.1, -0.05) is 0 Å². The molecule has 5 nitrogen and oxygen atoms in total. The maximum atomic E-state index is 12.0. The fourth-order valence-electron chi connectivity index (χ4n) is 1.46. The van der Waals surface area contributed by atoms with Crippen molar-refractivity contribution in [3.8, 4) is 0 Å². The van der Waals surface area contributed by atoms with Crippen LogP contribution in [0.15, 0.2) is 35.2 Å². The summed E-state index contributed by atoms with van der Waals surface area (Å²) in [6.07, 6.45) is 5.02. The third-order valence-corrected chi connectivity index (χ3v) is 2.66. The molecule has 0 saturated carbocycles. The van der Waals surface area contributed by atoms with E-state index in [2.05, 4.69) is 31.2 Å². The highest BCUT2D eigenvalue weighted by molar-refractivity contribution is 9.10. The largest absolute Gasteiger partial charge is 0.343 e. The number of hydrogen-bond acceptors (Lipinski definition) is 3. The maximum Gasteiger partial charge on any atom is 0.274 e. The van der Waals surface area contributed by atoms with Crippen molar-refractivity contribution in [2.24, 2.45) is 0 Å². The second-order valence-electron chi connectivity index (χ2n) is 3.36. The summed E-state index contributed by atoms with van der Waals surface area (Å²) in [7, 11) is 0. The van der Waals surface area contributed by atoms with Crippen molar-refractivity contribution in [2.75, 3.05) is 5.32 Å². The number of anilines is 1. The van der Waals surface area contributed by atoms with Crippen LogP contribution < -0.4 is 5.32 Å². The second-order valence-corrected chi connectivity index (χ2v) is 4.27. The van der Waals surface area contributed by atoms with E-state index < -0.39 is 0 Å². The molecule has 6 heteroatoms. The first-order valence-electron chi connectivity index (χ1n) is 5.14. The Balaban J connectivity index is 2.20. The molecule has 88 valence electrons. The van der Waals surface area contributed by atoms with Crippen molar-refractivity contribution in [1.29, 1.82) is 0 Å². The van der Waals surface area contributed by atoms with Crippen LogP contribution in [0.4, 0.5) is 5.95 Å². The van der Waals surface area contributed by atoms with Crippen LogP contribution in [-0.2, 0) is 6.54 Å². The molecule has 0 fully saturated rings. The Bertz CT molecular complexity index is 524. The Kier molecular flexibility index (Phi) is 3.53. The number of nitrogens with one attached hydrogen (secondary N) is 1. The molecule has 0 aliphatic carbocycles. The molecule has 2 heterocycles. The van der Waals surface area contributed by atoms with Gasteiger partial charge in [-0.2, -0.15) is 0 Å². The normalized spacial score (nSPS) is 10.2. The van der Waals surface area contributed by atoms with Crippen LogP contribution in [-0.4, -0.2) is 20.4 Å². The minimum Gasteiger partial charge on any atom is -0.343 e. The topological polar surface area (TPSA) is 59.8 Å². The van der Waals surface area contributed by atoms with Crippen molar-refractivity contribution >= 4 is 27.8 Å². The fraction of sp³-hybridized carbons (Fsp3) is 0.182. The van der Waals surface area contributed by atoms with E-state index in [0.29, 0.717) is 11.6 Å². The standard InChI is InChI=1S/C11H11BrN4O/c1-2-16-7-8(12)6-9(16)10(17)15-11-13-4-3-5-14-11/h3-7H,2H2,1H3,(H,13,14,15,17). The molecule has 1 N–H and O–H groups in total. The first-order chi connectivity index (χ1) is 8.20. The minimum atomic E-state index is -0.219. The second kappa shape index (κ2) is 5.09. The molecular formula is C11H11BrN4O. The molecule has 17 heavy (non-hydrogen) atoms. The van der Waals surface area contributed by atoms with E-state index in [-0.39, 0.29) is 5.91 Å². The zero-order valence-electron chi connectivity index (χ0n) is 9.22. The summed E-state index contributed by atoms with van der Waals surface area (Å²) in [6, 6.07) is 3.46. The highest BCUT2D eigenvalue weighted by Crippen LogP contribution is 2.15. The Hall–Kier alpha value is -1.69. The number of rotatable bonds is 3.